The highest BCUT2D eigenvalue weighted by molar-refractivity contribution is 7.85. The Morgan fingerprint density at radius 3 is 2.39 bits per heavy atom. The molecule has 0 spiro atoms. The Bertz CT molecular complexity index is 1040. The minimum atomic E-state index is -3.43. The lowest BCUT2D eigenvalue weighted by molar-refractivity contribution is 0.0604. The number of aliphatic imine (C=N–C) groups is 1. The molecule has 182 valence electrons. The third-order valence-corrected chi connectivity index (χ3v) is 6.55. The van der Waals surface area contributed by atoms with Gasteiger partial charge in [0, 0.05) is 12.1 Å². The lowest BCUT2D eigenvalue weighted by Gasteiger charge is -2.19. The molecule has 0 aliphatic carbocycles. The summed E-state index contributed by atoms with van der Waals surface area (Å²) in [5.74, 6) is 0.177. The summed E-state index contributed by atoms with van der Waals surface area (Å²) in [5, 5.41) is 0. The average Bonchev–Trinajstić information content (AvgIpc) is 3.12. The maximum atomic E-state index is 12.1. The van der Waals surface area contributed by atoms with Gasteiger partial charge in [0.1, 0.15) is 5.60 Å². The van der Waals surface area contributed by atoms with E-state index >= 15 is 0 Å². The van der Waals surface area contributed by atoms with Crippen LogP contribution in [0.5, 0.6) is 0 Å². The van der Waals surface area contributed by atoms with E-state index in [1.165, 1.54) is 0 Å². The summed E-state index contributed by atoms with van der Waals surface area (Å²) >= 11 is 1.61. The molecule has 2 rings (SSSR count). The summed E-state index contributed by atoms with van der Waals surface area (Å²) < 4.78 is 32.5. The number of aromatic nitrogens is 1. The fourth-order valence-corrected chi connectivity index (χ4v) is 4.45. The third-order valence-electron chi connectivity index (χ3n) is 4.98. The SMILES string of the molecule is Cc1ncsc1-c1ccc(C(/C=N/C(=O)OC(C)(C)C)CC[C@H](C)CCOS(C)(=O)=O)cc1. The molecule has 1 heterocycles. The molecule has 0 radical (unpaired) electrons. The van der Waals surface area contributed by atoms with E-state index in [-0.39, 0.29) is 18.4 Å². The van der Waals surface area contributed by atoms with Gasteiger partial charge in [-0.2, -0.15) is 13.4 Å². The van der Waals surface area contributed by atoms with E-state index in [4.69, 9.17) is 8.92 Å². The maximum Gasteiger partial charge on any atom is 0.433 e. The second-order valence-electron chi connectivity index (χ2n) is 9.25. The van der Waals surface area contributed by atoms with Crippen LogP contribution in [0.1, 0.15) is 64.1 Å². The average molecular weight is 495 g/mol. The van der Waals surface area contributed by atoms with Crippen molar-refractivity contribution in [2.45, 2.75) is 65.4 Å². The van der Waals surface area contributed by atoms with Gasteiger partial charge < -0.3 is 4.74 Å². The standard InChI is InChI=1S/C24H34N2O5S2/c1-17(13-14-30-33(6,28)29)7-8-21(15-25-23(27)31-24(3,4)5)19-9-11-20(12-10-19)22-18(2)26-16-32-22/h9-12,15-17,21H,7-8,13-14H2,1-6H3/b25-15+/t17-,21?/m0/s1. The van der Waals surface area contributed by atoms with Crippen LogP contribution in [-0.2, 0) is 19.0 Å². The first kappa shape index (κ1) is 27.1. The molecule has 1 aromatic heterocycles. The van der Waals surface area contributed by atoms with Crippen LogP contribution >= 0.6 is 11.3 Å². The number of thiazole rings is 1. The number of rotatable bonds is 10. The van der Waals surface area contributed by atoms with E-state index < -0.39 is 21.8 Å². The number of carbonyl (C=O) groups excluding carboxylic acids is 1. The molecule has 0 fully saturated rings. The molecule has 0 saturated heterocycles. The maximum absolute atomic E-state index is 12.1. The minimum Gasteiger partial charge on any atom is -0.442 e. The van der Waals surface area contributed by atoms with Gasteiger partial charge in [-0.1, -0.05) is 31.2 Å². The third kappa shape index (κ3) is 10.1. The van der Waals surface area contributed by atoms with Crippen molar-refractivity contribution in [3.8, 4) is 10.4 Å². The second-order valence-corrected chi connectivity index (χ2v) is 11.7. The van der Waals surface area contributed by atoms with Crippen molar-refractivity contribution in [1.29, 1.82) is 0 Å². The van der Waals surface area contributed by atoms with Gasteiger partial charge in [-0.3, -0.25) is 4.18 Å². The van der Waals surface area contributed by atoms with Crippen LogP contribution in [-0.4, -0.2) is 44.2 Å². The van der Waals surface area contributed by atoms with Gasteiger partial charge in [-0.15, -0.1) is 11.3 Å². The van der Waals surface area contributed by atoms with Crippen molar-refractivity contribution in [2.75, 3.05) is 12.9 Å². The zero-order valence-electron chi connectivity index (χ0n) is 20.2. The summed E-state index contributed by atoms with van der Waals surface area (Å²) in [6, 6.07) is 8.23. The van der Waals surface area contributed by atoms with Crippen molar-refractivity contribution in [1.82, 2.24) is 4.98 Å². The molecule has 2 aromatic rings. The first-order chi connectivity index (χ1) is 15.3. The van der Waals surface area contributed by atoms with Gasteiger partial charge >= 0.3 is 6.09 Å². The highest BCUT2D eigenvalue weighted by atomic mass is 32.2. The van der Waals surface area contributed by atoms with Crippen molar-refractivity contribution < 1.29 is 22.1 Å². The zero-order chi connectivity index (χ0) is 24.6. The van der Waals surface area contributed by atoms with E-state index in [9.17, 15) is 13.2 Å². The minimum absolute atomic E-state index is 0.0765. The molecule has 0 N–H and O–H groups in total. The Hall–Kier alpha value is -2.10. The van der Waals surface area contributed by atoms with Crippen LogP contribution < -0.4 is 0 Å². The molecule has 7 nitrogen and oxygen atoms in total. The van der Waals surface area contributed by atoms with Crippen molar-refractivity contribution in [2.24, 2.45) is 10.9 Å². The van der Waals surface area contributed by atoms with E-state index in [1.807, 2.05) is 12.4 Å². The predicted octanol–water partition coefficient (Wildman–Crippen LogP) is 5.99. The second kappa shape index (κ2) is 11.9. The summed E-state index contributed by atoms with van der Waals surface area (Å²) in [7, 11) is -3.43. The highest BCUT2D eigenvalue weighted by Crippen LogP contribution is 2.30. The van der Waals surface area contributed by atoms with Gasteiger partial charge in [0.2, 0.25) is 0 Å². The molecule has 0 aliphatic heterocycles. The summed E-state index contributed by atoms with van der Waals surface area (Å²) in [4.78, 5) is 21.6. The molecule has 0 saturated carbocycles. The lowest BCUT2D eigenvalue weighted by atomic mass is 9.90. The molecular weight excluding hydrogens is 460 g/mol. The topological polar surface area (TPSA) is 94.9 Å². The van der Waals surface area contributed by atoms with Gasteiger partial charge in [0.25, 0.3) is 10.1 Å². The molecule has 0 bridgehead atoms. The first-order valence-corrected chi connectivity index (χ1v) is 13.7. The molecule has 1 unspecified atom stereocenters. The number of benzene rings is 1. The molecule has 33 heavy (non-hydrogen) atoms. The van der Waals surface area contributed by atoms with Crippen LogP contribution in [0.3, 0.4) is 0 Å². The van der Waals surface area contributed by atoms with Crippen LogP contribution in [0, 0.1) is 12.8 Å². The fraction of sp³-hybridized carbons (Fsp3) is 0.542. The first-order valence-electron chi connectivity index (χ1n) is 11.0. The zero-order valence-corrected chi connectivity index (χ0v) is 21.8. The number of aryl methyl sites for hydroxylation is 1. The van der Waals surface area contributed by atoms with E-state index in [0.29, 0.717) is 6.42 Å². The van der Waals surface area contributed by atoms with Crippen molar-refractivity contribution in [3.63, 3.8) is 0 Å². The number of hydrogen-bond donors (Lipinski definition) is 0. The summed E-state index contributed by atoms with van der Waals surface area (Å²) in [6.45, 7) is 9.63. The van der Waals surface area contributed by atoms with Gasteiger partial charge in [-0.25, -0.2) is 9.78 Å². The predicted molar refractivity (Wildman–Crippen MR) is 134 cm³/mol. The fourth-order valence-electron chi connectivity index (χ4n) is 3.24. The summed E-state index contributed by atoms with van der Waals surface area (Å²) in [6.07, 6.45) is 4.31. The van der Waals surface area contributed by atoms with Crippen LogP contribution in [0.15, 0.2) is 34.8 Å². The quantitative estimate of drug-likeness (QED) is 0.297. The highest BCUT2D eigenvalue weighted by Gasteiger charge is 2.17. The van der Waals surface area contributed by atoms with Crippen molar-refractivity contribution >= 4 is 33.8 Å². The monoisotopic (exact) mass is 494 g/mol. The molecule has 0 aliphatic rings. The summed E-state index contributed by atoms with van der Waals surface area (Å²) in [5.41, 5.74) is 4.39. The molecule has 1 aromatic carbocycles. The van der Waals surface area contributed by atoms with E-state index in [2.05, 4.69) is 41.2 Å². The molecule has 2 atom stereocenters. The van der Waals surface area contributed by atoms with Crippen LogP contribution in [0.4, 0.5) is 4.79 Å². The number of nitrogens with zero attached hydrogens (tertiary/aromatic N) is 2. The Labute approximate surface area is 201 Å². The number of amides is 1. The Kier molecular flexibility index (Phi) is 9.75. The van der Waals surface area contributed by atoms with Crippen molar-refractivity contribution in [3.05, 3.63) is 41.0 Å². The Morgan fingerprint density at radius 1 is 1.18 bits per heavy atom. The molecule has 1 amide bonds. The van der Waals surface area contributed by atoms with Gasteiger partial charge in [-0.05, 0) is 64.0 Å². The molecular formula is C24H34N2O5S2. The number of hydrogen-bond acceptors (Lipinski definition) is 7. The van der Waals surface area contributed by atoms with Gasteiger partial charge in [0.15, 0.2) is 0 Å². The number of carbonyl (C=O) groups is 1. The largest absolute Gasteiger partial charge is 0.442 e. The lowest BCUT2D eigenvalue weighted by Crippen LogP contribution is -2.22. The number of ether oxygens (including phenoxy) is 1. The Balaban J connectivity index is 2.11. The Morgan fingerprint density at radius 2 is 1.85 bits per heavy atom. The van der Waals surface area contributed by atoms with E-state index in [1.54, 1.807) is 38.3 Å². The smallest absolute Gasteiger partial charge is 0.433 e. The van der Waals surface area contributed by atoms with E-state index in [0.717, 1.165) is 40.8 Å². The normalized spacial score (nSPS) is 14.4. The van der Waals surface area contributed by atoms with Crippen LogP contribution in [0.25, 0.3) is 10.4 Å². The van der Waals surface area contributed by atoms with Gasteiger partial charge in [0.05, 0.1) is 28.9 Å². The van der Waals surface area contributed by atoms with Crippen LogP contribution in [0.2, 0.25) is 0 Å². The molecule has 9 heteroatoms.